The van der Waals surface area contributed by atoms with Crippen LogP contribution in [-0.2, 0) is 0 Å². The molecule has 0 aromatic rings. The van der Waals surface area contributed by atoms with Gasteiger partial charge in [-0.1, -0.05) is 6.42 Å². The van der Waals surface area contributed by atoms with E-state index in [4.69, 9.17) is 10.2 Å². The van der Waals surface area contributed by atoms with Crippen molar-refractivity contribution in [3.63, 3.8) is 0 Å². The van der Waals surface area contributed by atoms with E-state index in [-0.39, 0.29) is 0 Å². The van der Waals surface area contributed by atoms with Gasteiger partial charge in [-0.05, 0) is 57.8 Å². The Morgan fingerprint density at radius 2 is 0.551 bits per heavy atom. The number of aliphatic hydroxyl groups is 4. The van der Waals surface area contributed by atoms with Gasteiger partial charge in [0.25, 0.3) is 16.8 Å². The van der Waals surface area contributed by atoms with E-state index in [0.717, 1.165) is 0 Å². The molecule has 2 saturated carbocycles. The average Bonchev–Trinajstić information content (AvgIpc) is 2.87. The van der Waals surface area contributed by atoms with Crippen molar-refractivity contribution in [3.8, 4) is 0 Å². The van der Waals surface area contributed by atoms with Crippen molar-refractivity contribution in [3.05, 3.63) is 0 Å². The average molecular weight is 778 g/mol. The van der Waals surface area contributed by atoms with Crippen molar-refractivity contribution in [1.29, 1.82) is 0 Å². The first-order valence-electron chi connectivity index (χ1n) is 13.5. The largest absolute Gasteiger partial charge is 0.426 e. The standard InChI is InChI=1S/C12H12F12O2.C12H15F9O2/c13-9(14,15)7(25,10(16,17)18)5-1-2-6(4-3-5)8(26,11(19,20)21)12(22,23)24;1-8(22,10(13,14)15)6-3-2-4-7(5-6)9(23,11(16,17)18)12(19,20)21/h5-6,25-26H,1-4H2;6-7,22-23H,2-5H2,1H3. The third-order valence-electron chi connectivity index (χ3n) is 9.14. The Kier molecular flexibility index (Phi) is 12.4. The Morgan fingerprint density at radius 1 is 0.327 bits per heavy atom. The SMILES string of the molecule is CC(O)(C1CCCC(C(O)(C(F)(F)F)C(F)(F)F)C1)C(F)(F)F.OC(C1CCC(C(O)(C(F)(F)F)C(F)(F)F)CC1)(C(F)(F)F)C(F)(F)F. The molecule has 2 rings (SSSR count). The molecule has 2 fully saturated rings. The molecule has 25 heteroatoms. The molecule has 0 aliphatic heterocycles. The summed E-state index contributed by atoms with van der Waals surface area (Å²) in [6, 6.07) is 0. The van der Waals surface area contributed by atoms with Gasteiger partial charge >= 0.3 is 43.2 Å². The highest BCUT2D eigenvalue weighted by molar-refractivity contribution is 5.06. The molecule has 0 aromatic carbocycles. The van der Waals surface area contributed by atoms with E-state index in [9.17, 15) is 102 Å². The summed E-state index contributed by atoms with van der Waals surface area (Å²) in [5, 5.41) is 37.1. The molecule has 49 heavy (non-hydrogen) atoms. The summed E-state index contributed by atoms with van der Waals surface area (Å²) in [6.45, 7) is 0.306. The van der Waals surface area contributed by atoms with Crippen LogP contribution < -0.4 is 0 Å². The summed E-state index contributed by atoms with van der Waals surface area (Å²) in [5.74, 6) is -9.80. The Balaban J connectivity index is 0.000000494. The van der Waals surface area contributed by atoms with Crippen LogP contribution in [0, 0.1) is 23.7 Å². The molecule has 0 amide bonds. The predicted octanol–water partition coefficient (Wildman–Crippen LogP) is 8.47. The minimum atomic E-state index is -6.24. The van der Waals surface area contributed by atoms with Gasteiger partial charge in [0, 0.05) is 17.8 Å². The van der Waals surface area contributed by atoms with E-state index >= 15 is 0 Å². The Bertz CT molecular complexity index is 998. The zero-order valence-electron chi connectivity index (χ0n) is 24.2. The number of hydrogen-bond acceptors (Lipinski definition) is 4. The first-order valence-corrected chi connectivity index (χ1v) is 13.5. The third kappa shape index (κ3) is 8.22. The second-order valence-electron chi connectivity index (χ2n) is 12.0. The molecular weight excluding hydrogens is 751 g/mol. The lowest BCUT2D eigenvalue weighted by atomic mass is 9.67. The van der Waals surface area contributed by atoms with Crippen molar-refractivity contribution in [2.45, 2.75) is 124 Å². The van der Waals surface area contributed by atoms with E-state index in [1.807, 2.05) is 0 Å². The van der Waals surface area contributed by atoms with Crippen molar-refractivity contribution in [2.75, 3.05) is 0 Å². The van der Waals surface area contributed by atoms with Crippen LogP contribution in [0.25, 0.3) is 0 Å². The number of rotatable bonds is 4. The molecule has 4 N–H and O–H groups in total. The van der Waals surface area contributed by atoms with Crippen LogP contribution in [0.4, 0.5) is 92.2 Å². The number of alkyl halides is 21. The molecule has 0 radical (unpaired) electrons. The van der Waals surface area contributed by atoms with Gasteiger partial charge in [0.1, 0.15) is 0 Å². The lowest BCUT2D eigenvalue weighted by Crippen LogP contribution is -2.65. The zero-order chi connectivity index (χ0) is 39.5. The Morgan fingerprint density at radius 3 is 0.776 bits per heavy atom. The van der Waals surface area contributed by atoms with E-state index in [2.05, 4.69) is 0 Å². The summed E-state index contributed by atoms with van der Waals surface area (Å²) in [7, 11) is 0. The lowest BCUT2D eigenvalue weighted by molar-refractivity contribution is -0.399. The van der Waals surface area contributed by atoms with E-state index in [1.54, 1.807) is 0 Å². The van der Waals surface area contributed by atoms with Gasteiger partial charge < -0.3 is 20.4 Å². The first kappa shape index (κ1) is 45.4. The van der Waals surface area contributed by atoms with Crippen LogP contribution in [0.1, 0.15) is 58.3 Å². The summed E-state index contributed by atoms with van der Waals surface area (Å²) in [6.07, 6.45) is -51.0. The van der Waals surface area contributed by atoms with Crippen molar-refractivity contribution < 1.29 is 113 Å². The molecular formula is C24H27F21O4. The van der Waals surface area contributed by atoms with Crippen molar-refractivity contribution in [1.82, 2.24) is 0 Å². The van der Waals surface area contributed by atoms with Gasteiger partial charge in [-0.3, -0.25) is 0 Å². The molecule has 0 aromatic heterocycles. The smallest absolute Gasteiger partial charge is 0.380 e. The fourth-order valence-electron chi connectivity index (χ4n) is 6.11. The van der Waals surface area contributed by atoms with Crippen LogP contribution in [-0.4, -0.2) is 86.1 Å². The molecule has 4 nitrogen and oxygen atoms in total. The van der Waals surface area contributed by atoms with Crippen LogP contribution in [0.3, 0.4) is 0 Å². The maximum Gasteiger partial charge on any atom is 0.426 e. The number of halogens is 21. The first-order chi connectivity index (χ1) is 21.2. The predicted molar refractivity (Wildman–Crippen MR) is 119 cm³/mol. The monoisotopic (exact) mass is 778 g/mol. The maximum absolute atomic E-state index is 12.8. The van der Waals surface area contributed by atoms with E-state index in [0.29, 0.717) is 6.92 Å². The summed E-state index contributed by atoms with van der Waals surface area (Å²) in [5.41, 5.74) is -19.1. The molecule has 0 spiro atoms. The Labute approximate surface area is 261 Å². The Hall–Kier alpha value is -1.63. The molecule has 2 aliphatic rings. The normalized spacial score (nSPS) is 26.1. The molecule has 0 bridgehead atoms. The molecule has 0 heterocycles. The van der Waals surface area contributed by atoms with Gasteiger partial charge in [0.15, 0.2) is 5.60 Å². The molecule has 3 atom stereocenters. The van der Waals surface area contributed by atoms with Crippen LogP contribution in [0.5, 0.6) is 0 Å². The van der Waals surface area contributed by atoms with Gasteiger partial charge in [-0.2, -0.15) is 92.2 Å². The maximum atomic E-state index is 12.8. The fraction of sp³-hybridized carbons (Fsp3) is 1.00. The highest BCUT2D eigenvalue weighted by Gasteiger charge is 2.77. The number of hydrogen-bond donors (Lipinski definition) is 4. The van der Waals surface area contributed by atoms with Crippen LogP contribution in [0.15, 0.2) is 0 Å². The van der Waals surface area contributed by atoms with Crippen molar-refractivity contribution in [2.24, 2.45) is 23.7 Å². The van der Waals surface area contributed by atoms with Crippen LogP contribution >= 0.6 is 0 Å². The second kappa shape index (κ2) is 13.4. The summed E-state index contributed by atoms with van der Waals surface area (Å²) < 4.78 is 268. The zero-order valence-corrected chi connectivity index (χ0v) is 24.2. The topological polar surface area (TPSA) is 80.9 Å². The quantitative estimate of drug-likeness (QED) is 0.216. The highest BCUT2D eigenvalue weighted by Crippen LogP contribution is 2.57. The molecule has 0 saturated heterocycles. The minimum absolute atomic E-state index is 0.306. The van der Waals surface area contributed by atoms with Gasteiger partial charge in [0.05, 0.1) is 0 Å². The third-order valence-corrected chi connectivity index (χ3v) is 9.14. The summed E-state index contributed by atoms with van der Waals surface area (Å²) >= 11 is 0. The fourth-order valence-corrected chi connectivity index (χ4v) is 6.11. The molecule has 3 unspecified atom stereocenters. The lowest BCUT2D eigenvalue weighted by Gasteiger charge is -2.45. The summed E-state index contributed by atoms with van der Waals surface area (Å²) in [4.78, 5) is 0. The van der Waals surface area contributed by atoms with Gasteiger partial charge in [-0.15, -0.1) is 0 Å². The minimum Gasteiger partial charge on any atom is -0.380 e. The van der Waals surface area contributed by atoms with E-state index < -0.39 is 141 Å². The van der Waals surface area contributed by atoms with Gasteiger partial charge in [0.2, 0.25) is 0 Å². The van der Waals surface area contributed by atoms with Crippen LogP contribution in [0.2, 0.25) is 0 Å². The second-order valence-corrected chi connectivity index (χ2v) is 12.0. The van der Waals surface area contributed by atoms with Gasteiger partial charge in [-0.25, -0.2) is 0 Å². The molecule has 294 valence electrons. The van der Waals surface area contributed by atoms with E-state index in [1.165, 1.54) is 0 Å². The van der Waals surface area contributed by atoms with Crippen molar-refractivity contribution >= 4 is 0 Å². The highest BCUT2D eigenvalue weighted by atomic mass is 19.4. The molecule has 2 aliphatic carbocycles.